The number of benzene rings is 1. The molecule has 1 aromatic carbocycles. The van der Waals surface area contributed by atoms with Crippen LogP contribution in [-0.4, -0.2) is 17.5 Å². The van der Waals surface area contributed by atoms with Crippen molar-refractivity contribution in [3.05, 3.63) is 56.1 Å². The second-order valence-electron chi connectivity index (χ2n) is 4.83. The summed E-state index contributed by atoms with van der Waals surface area (Å²) in [5.74, 6) is 0.0478. The Balaban J connectivity index is 1.72. The number of ether oxygens (including phenoxy) is 1. The van der Waals surface area contributed by atoms with Crippen molar-refractivity contribution < 1.29 is 9.53 Å². The normalized spacial score (nSPS) is 16.0. The summed E-state index contributed by atoms with van der Waals surface area (Å²) < 4.78 is 6.18. The van der Waals surface area contributed by atoms with E-state index in [9.17, 15) is 4.79 Å². The molecule has 0 radical (unpaired) electrons. The van der Waals surface area contributed by atoms with Gasteiger partial charge in [0.15, 0.2) is 0 Å². The minimum absolute atomic E-state index is 0.121. The highest BCUT2D eigenvalue weighted by molar-refractivity contribution is 9.10. The predicted molar refractivity (Wildman–Crippen MR) is 88.5 cm³/mol. The molecule has 7 heteroatoms. The maximum atomic E-state index is 12.4. The maximum Gasteiger partial charge on any atom is 0.231 e. The zero-order valence-corrected chi connectivity index (χ0v) is 14.4. The maximum absolute atomic E-state index is 12.4. The highest BCUT2D eigenvalue weighted by Crippen LogP contribution is 2.32. The monoisotopic (exact) mass is 400 g/mol. The number of carbonyl (C=O) groups is 1. The standard InChI is InChI=1S/C15H11BrCl2N2O2/c16-12-4-8(17)5-13(18)10(12)6-20-14(21)11-7-22-15-9(11)2-1-3-19-15/h1-5,11H,6-7H2,(H,20,21). The van der Waals surface area contributed by atoms with Crippen LogP contribution in [0.3, 0.4) is 0 Å². The van der Waals surface area contributed by atoms with Crippen LogP contribution in [0.2, 0.25) is 10.0 Å². The van der Waals surface area contributed by atoms with Gasteiger partial charge in [0.05, 0.1) is 0 Å². The first-order valence-corrected chi connectivity index (χ1v) is 8.10. The van der Waals surface area contributed by atoms with Crippen LogP contribution in [0.1, 0.15) is 17.0 Å². The van der Waals surface area contributed by atoms with Gasteiger partial charge in [-0.05, 0) is 18.2 Å². The van der Waals surface area contributed by atoms with Gasteiger partial charge in [0, 0.05) is 38.4 Å². The summed E-state index contributed by atoms with van der Waals surface area (Å²) in [5.41, 5.74) is 1.59. The van der Waals surface area contributed by atoms with Crippen LogP contribution < -0.4 is 10.1 Å². The first-order chi connectivity index (χ1) is 10.6. The van der Waals surface area contributed by atoms with Crippen molar-refractivity contribution in [2.45, 2.75) is 12.5 Å². The van der Waals surface area contributed by atoms with E-state index < -0.39 is 0 Å². The van der Waals surface area contributed by atoms with E-state index in [1.165, 1.54) is 0 Å². The lowest BCUT2D eigenvalue weighted by Crippen LogP contribution is -2.30. The van der Waals surface area contributed by atoms with Crippen molar-refractivity contribution in [1.82, 2.24) is 10.3 Å². The van der Waals surface area contributed by atoms with Gasteiger partial charge in [0.25, 0.3) is 0 Å². The summed E-state index contributed by atoms with van der Waals surface area (Å²) in [6.07, 6.45) is 1.64. The van der Waals surface area contributed by atoms with Crippen LogP contribution >= 0.6 is 39.1 Å². The number of nitrogens with zero attached hydrogens (tertiary/aromatic N) is 1. The van der Waals surface area contributed by atoms with Crippen molar-refractivity contribution in [2.75, 3.05) is 6.61 Å². The Kier molecular flexibility index (Phi) is 4.57. The van der Waals surface area contributed by atoms with Gasteiger partial charge in [-0.25, -0.2) is 4.98 Å². The Labute approximate surface area is 145 Å². The molecule has 0 aliphatic carbocycles. The molecule has 0 fully saturated rings. The molecule has 0 saturated carbocycles. The van der Waals surface area contributed by atoms with Crippen LogP contribution in [0.4, 0.5) is 0 Å². The molecule has 2 aromatic rings. The Hall–Kier alpha value is -1.30. The van der Waals surface area contributed by atoms with Crippen molar-refractivity contribution in [3.8, 4) is 5.88 Å². The van der Waals surface area contributed by atoms with Gasteiger partial charge in [-0.3, -0.25) is 4.79 Å². The van der Waals surface area contributed by atoms with Gasteiger partial charge >= 0.3 is 0 Å². The Morgan fingerprint density at radius 3 is 3.05 bits per heavy atom. The molecule has 22 heavy (non-hydrogen) atoms. The fraction of sp³-hybridized carbons (Fsp3) is 0.200. The van der Waals surface area contributed by atoms with E-state index in [-0.39, 0.29) is 11.8 Å². The van der Waals surface area contributed by atoms with Crippen molar-refractivity contribution in [1.29, 1.82) is 0 Å². The molecular formula is C15H11BrCl2N2O2. The van der Waals surface area contributed by atoms with Crippen LogP contribution in [0.25, 0.3) is 0 Å². The second-order valence-corrected chi connectivity index (χ2v) is 6.53. The zero-order valence-electron chi connectivity index (χ0n) is 11.3. The number of nitrogens with one attached hydrogen (secondary N) is 1. The average molecular weight is 402 g/mol. The van der Waals surface area contributed by atoms with E-state index in [1.807, 2.05) is 6.07 Å². The minimum atomic E-state index is -0.353. The van der Waals surface area contributed by atoms with E-state index >= 15 is 0 Å². The van der Waals surface area contributed by atoms with Gasteiger partial charge in [-0.15, -0.1) is 0 Å². The first kappa shape index (κ1) is 15.6. The molecule has 114 valence electrons. The average Bonchev–Trinajstić information content (AvgIpc) is 2.90. The van der Waals surface area contributed by atoms with Crippen LogP contribution in [-0.2, 0) is 11.3 Å². The van der Waals surface area contributed by atoms with Crippen molar-refractivity contribution >= 4 is 45.0 Å². The number of hydrogen-bond donors (Lipinski definition) is 1. The van der Waals surface area contributed by atoms with Crippen molar-refractivity contribution in [2.24, 2.45) is 0 Å². The number of amides is 1. The molecule has 1 amide bonds. The smallest absolute Gasteiger partial charge is 0.231 e. The number of rotatable bonds is 3. The number of pyridine rings is 1. The lowest BCUT2D eigenvalue weighted by Gasteiger charge is -2.12. The minimum Gasteiger partial charge on any atom is -0.476 e. The number of carbonyl (C=O) groups excluding carboxylic acids is 1. The summed E-state index contributed by atoms with van der Waals surface area (Å²) in [7, 11) is 0. The lowest BCUT2D eigenvalue weighted by molar-refractivity contribution is -0.122. The summed E-state index contributed by atoms with van der Waals surface area (Å²) >= 11 is 15.5. The Morgan fingerprint density at radius 2 is 2.27 bits per heavy atom. The SMILES string of the molecule is O=C(NCc1c(Cl)cc(Cl)cc1Br)C1COc2ncccc21. The first-order valence-electron chi connectivity index (χ1n) is 6.55. The molecular weight excluding hydrogens is 391 g/mol. The molecule has 0 saturated heterocycles. The Morgan fingerprint density at radius 1 is 1.45 bits per heavy atom. The number of hydrogen-bond acceptors (Lipinski definition) is 3. The lowest BCUT2D eigenvalue weighted by atomic mass is 10.0. The molecule has 0 bridgehead atoms. The summed E-state index contributed by atoms with van der Waals surface area (Å²) in [4.78, 5) is 16.5. The van der Waals surface area contributed by atoms with Crippen LogP contribution in [0.5, 0.6) is 5.88 Å². The molecule has 4 nitrogen and oxygen atoms in total. The summed E-state index contributed by atoms with van der Waals surface area (Å²) in [6, 6.07) is 7.03. The fourth-order valence-corrected chi connectivity index (χ4v) is 3.70. The van der Waals surface area contributed by atoms with E-state index in [4.69, 9.17) is 27.9 Å². The molecule has 1 unspecified atom stereocenters. The number of aromatic nitrogens is 1. The van der Waals surface area contributed by atoms with Gasteiger partial charge in [0.1, 0.15) is 12.5 Å². The van der Waals surface area contributed by atoms with Crippen LogP contribution in [0, 0.1) is 0 Å². The topological polar surface area (TPSA) is 51.2 Å². The molecule has 0 spiro atoms. The quantitative estimate of drug-likeness (QED) is 0.847. The summed E-state index contributed by atoms with van der Waals surface area (Å²) in [6.45, 7) is 0.606. The van der Waals surface area contributed by atoms with Gasteiger partial charge in [-0.2, -0.15) is 0 Å². The van der Waals surface area contributed by atoms with Gasteiger partial charge in [-0.1, -0.05) is 45.2 Å². The van der Waals surface area contributed by atoms with Crippen molar-refractivity contribution in [3.63, 3.8) is 0 Å². The molecule has 1 aliphatic heterocycles. The highest BCUT2D eigenvalue weighted by Gasteiger charge is 2.31. The largest absolute Gasteiger partial charge is 0.476 e. The molecule has 3 rings (SSSR count). The molecule has 1 aromatic heterocycles. The Bertz CT molecular complexity index is 716. The third kappa shape index (κ3) is 3.07. The van der Waals surface area contributed by atoms with Gasteiger partial charge in [0.2, 0.25) is 11.8 Å². The van der Waals surface area contributed by atoms with E-state index in [1.54, 1.807) is 24.4 Å². The molecule has 2 heterocycles. The zero-order chi connectivity index (χ0) is 15.7. The second kappa shape index (κ2) is 6.44. The van der Waals surface area contributed by atoms with E-state index in [0.717, 1.165) is 15.6 Å². The molecule has 1 atom stereocenters. The number of halogens is 3. The molecule has 1 aliphatic rings. The van der Waals surface area contributed by atoms with Crippen LogP contribution in [0.15, 0.2) is 34.9 Å². The fourth-order valence-electron chi connectivity index (χ4n) is 2.30. The third-order valence-electron chi connectivity index (χ3n) is 3.42. The predicted octanol–water partition coefficient (Wildman–Crippen LogP) is 3.94. The van der Waals surface area contributed by atoms with E-state index in [2.05, 4.69) is 26.2 Å². The molecule has 1 N–H and O–H groups in total. The van der Waals surface area contributed by atoms with Gasteiger partial charge < -0.3 is 10.1 Å². The third-order valence-corrected chi connectivity index (χ3v) is 4.69. The summed E-state index contributed by atoms with van der Waals surface area (Å²) in [5, 5.41) is 3.92. The van der Waals surface area contributed by atoms with E-state index in [0.29, 0.717) is 29.1 Å². The highest BCUT2D eigenvalue weighted by atomic mass is 79.9. The number of fused-ring (bicyclic) bond motifs is 1.